The van der Waals surface area contributed by atoms with Crippen LogP contribution >= 0.6 is 0 Å². The molecule has 1 aliphatic rings. The van der Waals surface area contributed by atoms with Crippen LogP contribution in [0.1, 0.15) is 23.1 Å². The number of hydrogen-bond donors (Lipinski definition) is 2. The molecule has 5 rings (SSSR count). The molecule has 0 spiro atoms. The normalized spacial score (nSPS) is 16.2. The molecule has 2 aromatic carbocycles. The fraction of sp³-hybridized carbons (Fsp3) is 0.208. The molecule has 7 nitrogen and oxygen atoms in total. The number of hydrogen-bond acceptors (Lipinski definition) is 4. The summed E-state index contributed by atoms with van der Waals surface area (Å²) in [6.45, 7) is 3.60. The van der Waals surface area contributed by atoms with Crippen LogP contribution in [0.3, 0.4) is 0 Å². The number of aromatic nitrogens is 3. The third kappa shape index (κ3) is 3.33. The van der Waals surface area contributed by atoms with E-state index in [-0.39, 0.29) is 23.5 Å². The highest BCUT2D eigenvalue weighted by atomic mass is 19.1. The molecule has 2 amide bonds. The van der Waals surface area contributed by atoms with Crippen LogP contribution in [-0.2, 0) is 0 Å². The number of H-pyrrole nitrogens is 1. The molecule has 34 heavy (non-hydrogen) atoms. The summed E-state index contributed by atoms with van der Waals surface area (Å²) in [6.07, 6.45) is 0. The van der Waals surface area contributed by atoms with Crippen molar-refractivity contribution in [1.29, 1.82) is 0 Å². The van der Waals surface area contributed by atoms with Gasteiger partial charge in [-0.15, -0.1) is 0 Å². The fourth-order valence-corrected chi connectivity index (χ4v) is 4.56. The minimum atomic E-state index is -0.738. The van der Waals surface area contributed by atoms with Gasteiger partial charge in [0.05, 0.1) is 18.0 Å². The summed E-state index contributed by atoms with van der Waals surface area (Å²) in [5, 5.41) is 0.526. The number of benzene rings is 2. The number of aromatic amines is 1. The van der Waals surface area contributed by atoms with E-state index in [1.54, 1.807) is 26.0 Å². The topological polar surface area (TPSA) is 91.1 Å². The van der Waals surface area contributed by atoms with E-state index in [1.165, 1.54) is 29.0 Å². The van der Waals surface area contributed by atoms with E-state index in [2.05, 4.69) is 15.0 Å². The van der Waals surface area contributed by atoms with Crippen molar-refractivity contribution in [2.75, 3.05) is 24.2 Å². The predicted octanol–water partition coefficient (Wildman–Crippen LogP) is 4.85. The Labute approximate surface area is 193 Å². The molecule has 1 unspecified atom stereocenters. The van der Waals surface area contributed by atoms with Crippen LogP contribution in [0, 0.1) is 31.3 Å². The number of amides is 2. The number of fused-ring (bicyclic) bond motifs is 1. The van der Waals surface area contributed by atoms with Crippen molar-refractivity contribution in [3.63, 3.8) is 0 Å². The first-order chi connectivity index (χ1) is 16.2. The number of rotatable bonds is 3. The average molecular weight is 466 g/mol. The van der Waals surface area contributed by atoms with E-state index in [1.807, 2.05) is 0 Å². The summed E-state index contributed by atoms with van der Waals surface area (Å²) < 4.78 is 43.1. The molecule has 2 aromatic heterocycles. The quantitative estimate of drug-likeness (QED) is 0.451. The van der Waals surface area contributed by atoms with Gasteiger partial charge in [0.1, 0.15) is 34.7 Å². The van der Waals surface area contributed by atoms with Crippen molar-refractivity contribution in [3.05, 3.63) is 70.9 Å². The van der Waals surface area contributed by atoms with Gasteiger partial charge in [-0.3, -0.25) is 4.90 Å². The first-order valence-corrected chi connectivity index (χ1v) is 10.6. The number of nitrogens with one attached hydrogen (secondary N) is 1. The first-order valence-electron chi connectivity index (χ1n) is 10.6. The number of anilines is 2. The van der Waals surface area contributed by atoms with Crippen LogP contribution in [0.5, 0.6) is 0 Å². The largest absolute Gasteiger partial charge is 0.383 e. The Kier molecular flexibility index (Phi) is 4.96. The highest BCUT2D eigenvalue weighted by Crippen LogP contribution is 2.38. The highest BCUT2D eigenvalue weighted by molar-refractivity contribution is 6.02. The molecule has 10 heteroatoms. The number of carbonyl (C=O) groups is 1. The van der Waals surface area contributed by atoms with Gasteiger partial charge in [-0.1, -0.05) is 6.07 Å². The molecular formula is C24H21F3N6O. The third-order valence-corrected chi connectivity index (χ3v) is 6.19. The van der Waals surface area contributed by atoms with E-state index in [9.17, 15) is 13.6 Å². The maximum Gasteiger partial charge on any atom is 0.324 e. The van der Waals surface area contributed by atoms with Crippen LogP contribution < -0.4 is 10.6 Å². The van der Waals surface area contributed by atoms with Crippen molar-refractivity contribution < 1.29 is 18.0 Å². The summed E-state index contributed by atoms with van der Waals surface area (Å²) in [5.41, 5.74) is 8.65. The molecule has 0 radical (unpaired) electrons. The fourth-order valence-electron chi connectivity index (χ4n) is 4.56. The van der Waals surface area contributed by atoms with Crippen LogP contribution in [0.25, 0.3) is 22.2 Å². The van der Waals surface area contributed by atoms with Gasteiger partial charge in [-0.25, -0.2) is 27.9 Å². The van der Waals surface area contributed by atoms with Gasteiger partial charge in [-0.05, 0) is 38.1 Å². The molecule has 3 heterocycles. The number of nitrogens with zero attached hydrogens (tertiary/aromatic N) is 4. The van der Waals surface area contributed by atoms with Gasteiger partial charge in [0.25, 0.3) is 0 Å². The smallest absolute Gasteiger partial charge is 0.324 e. The SMILES string of the molecule is Cc1nc(N)c2c(-c3ccc(N4CC(c5ccc(F)cc5F)N(C)C4=O)cc3F)c(C)[nH]c2n1. The van der Waals surface area contributed by atoms with Crippen LogP contribution in [0.4, 0.5) is 29.5 Å². The lowest BCUT2D eigenvalue weighted by Crippen LogP contribution is -2.29. The number of likely N-dealkylation sites (N-methyl/N-ethyl adjacent to an activating group) is 1. The molecule has 174 valence electrons. The summed E-state index contributed by atoms with van der Waals surface area (Å²) in [7, 11) is 1.53. The zero-order valence-electron chi connectivity index (χ0n) is 18.7. The summed E-state index contributed by atoms with van der Waals surface area (Å²) >= 11 is 0. The van der Waals surface area contributed by atoms with E-state index in [0.717, 1.165) is 12.1 Å². The molecule has 1 aliphatic heterocycles. The van der Waals surface area contributed by atoms with Gasteiger partial charge in [0, 0.05) is 41.2 Å². The maximum absolute atomic E-state index is 15.4. The first kappa shape index (κ1) is 21.7. The van der Waals surface area contributed by atoms with E-state index in [0.29, 0.717) is 33.8 Å². The Morgan fingerprint density at radius 2 is 1.82 bits per heavy atom. The maximum atomic E-state index is 15.4. The van der Waals surface area contributed by atoms with Crippen molar-refractivity contribution >= 4 is 28.6 Å². The zero-order valence-corrected chi connectivity index (χ0v) is 18.7. The highest BCUT2D eigenvalue weighted by Gasteiger charge is 2.38. The predicted molar refractivity (Wildman–Crippen MR) is 123 cm³/mol. The second-order valence-electron chi connectivity index (χ2n) is 8.35. The zero-order chi connectivity index (χ0) is 24.3. The Balaban J connectivity index is 1.52. The van der Waals surface area contributed by atoms with E-state index < -0.39 is 29.5 Å². The van der Waals surface area contributed by atoms with Crippen LogP contribution in [0.2, 0.25) is 0 Å². The standard InChI is InChI=1S/C24H21F3N6O/c1-11-20(21-22(28)30-12(2)31-23(21)29-11)16-7-5-14(9-18(16)27)33-10-19(32(3)24(33)34)15-6-4-13(25)8-17(15)26/h4-9,19H,10H2,1-3H3,(H3,28,29,30,31). The number of aryl methyl sites for hydroxylation is 2. The van der Waals surface area contributed by atoms with Gasteiger partial charge in [-0.2, -0.15) is 0 Å². The molecule has 0 bridgehead atoms. The Bertz CT molecular complexity index is 1470. The average Bonchev–Trinajstić information content (AvgIpc) is 3.24. The summed E-state index contributed by atoms with van der Waals surface area (Å²) in [6, 6.07) is 6.63. The van der Waals surface area contributed by atoms with E-state index in [4.69, 9.17) is 5.73 Å². The number of urea groups is 1. The van der Waals surface area contributed by atoms with Gasteiger partial charge in [0.15, 0.2) is 0 Å². The molecule has 0 saturated carbocycles. The van der Waals surface area contributed by atoms with Crippen molar-refractivity contribution in [2.24, 2.45) is 0 Å². The number of carbonyl (C=O) groups excluding carboxylic acids is 1. The third-order valence-electron chi connectivity index (χ3n) is 6.19. The van der Waals surface area contributed by atoms with Gasteiger partial charge in [0.2, 0.25) is 0 Å². The van der Waals surface area contributed by atoms with Crippen LogP contribution in [-0.4, -0.2) is 39.5 Å². The summed E-state index contributed by atoms with van der Waals surface area (Å²) in [4.78, 5) is 27.3. The van der Waals surface area contributed by atoms with Crippen LogP contribution in [0.15, 0.2) is 36.4 Å². The molecule has 4 aromatic rings. The minimum Gasteiger partial charge on any atom is -0.383 e. The monoisotopic (exact) mass is 466 g/mol. The Hall–Kier alpha value is -4.08. The molecule has 3 N–H and O–H groups in total. The second-order valence-corrected chi connectivity index (χ2v) is 8.35. The van der Waals surface area contributed by atoms with Gasteiger partial charge >= 0.3 is 6.03 Å². The van der Waals surface area contributed by atoms with E-state index >= 15 is 4.39 Å². The van der Waals surface area contributed by atoms with Crippen molar-refractivity contribution in [2.45, 2.75) is 19.9 Å². The minimum absolute atomic E-state index is 0.0862. The number of nitrogens with two attached hydrogens (primary N) is 1. The molecular weight excluding hydrogens is 445 g/mol. The molecule has 1 atom stereocenters. The second kappa shape index (κ2) is 7.75. The van der Waals surface area contributed by atoms with Crippen molar-refractivity contribution in [3.8, 4) is 11.1 Å². The Morgan fingerprint density at radius 1 is 1.06 bits per heavy atom. The molecule has 1 saturated heterocycles. The number of halogens is 3. The number of nitrogen functional groups attached to an aromatic ring is 1. The lowest BCUT2D eigenvalue weighted by Gasteiger charge is -2.18. The summed E-state index contributed by atoms with van der Waals surface area (Å²) in [5.74, 6) is -1.26. The molecule has 1 fully saturated rings. The molecule has 0 aliphatic carbocycles. The van der Waals surface area contributed by atoms with Gasteiger partial charge < -0.3 is 15.6 Å². The van der Waals surface area contributed by atoms with Crippen molar-refractivity contribution in [1.82, 2.24) is 19.9 Å². The lowest BCUT2D eigenvalue weighted by molar-refractivity contribution is 0.218. The Morgan fingerprint density at radius 3 is 2.53 bits per heavy atom. The lowest BCUT2D eigenvalue weighted by atomic mass is 10.0.